The van der Waals surface area contributed by atoms with Crippen LogP contribution in [0.15, 0.2) is 0 Å². The number of hydrogen-bond acceptors (Lipinski definition) is 1. The van der Waals surface area contributed by atoms with Gasteiger partial charge in [0, 0.05) is 8.80 Å². The molecule has 0 aliphatic heterocycles. The van der Waals surface area contributed by atoms with Crippen LogP contribution in [0.5, 0.6) is 0 Å². The lowest BCUT2D eigenvalue weighted by Crippen LogP contribution is -2.43. The summed E-state index contributed by atoms with van der Waals surface area (Å²) in [5.74, 6) is 0. The average Bonchev–Trinajstić information content (AvgIpc) is 1.99. The van der Waals surface area contributed by atoms with Crippen molar-refractivity contribution >= 4 is 17.6 Å². The fraction of sp³-hybridized carbons (Fsp3) is 1.00. The largest absolute Gasteiger partial charge is 0.323 e. The van der Waals surface area contributed by atoms with E-state index in [1.165, 1.54) is 12.2 Å². The molecule has 0 aliphatic rings. The van der Waals surface area contributed by atoms with Gasteiger partial charge in [0.1, 0.15) is 0 Å². The molecule has 3 heteroatoms. The van der Waals surface area contributed by atoms with Crippen molar-refractivity contribution in [1.82, 2.24) is 5.32 Å². The van der Waals surface area contributed by atoms with Gasteiger partial charge in [0.2, 0.25) is 0 Å². The molecular weight excluding hydrogens is 178 g/mol. The molecule has 0 aromatic rings. The lowest BCUT2D eigenvalue weighted by Gasteiger charge is -2.35. The van der Waals surface area contributed by atoms with Crippen molar-refractivity contribution in [1.29, 1.82) is 0 Å². The molecular formula is C9H25NSi2. The molecule has 12 heavy (non-hydrogen) atoms. The fourth-order valence-corrected chi connectivity index (χ4v) is 8.84. The van der Waals surface area contributed by atoms with Crippen molar-refractivity contribution in [3.05, 3.63) is 0 Å². The normalized spacial score (nSPS) is 15.2. The summed E-state index contributed by atoms with van der Waals surface area (Å²) in [4.78, 5) is 0. The molecule has 0 aromatic carbocycles. The Kier molecular flexibility index (Phi) is 5.36. The molecule has 0 rings (SSSR count). The van der Waals surface area contributed by atoms with Crippen molar-refractivity contribution < 1.29 is 0 Å². The van der Waals surface area contributed by atoms with Gasteiger partial charge in [-0.2, -0.15) is 0 Å². The smallest absolute Gasteiger partial charge is 0.0551 e. The third kappa shape index (κ3) is 3.03. The Hall–Kier alpha value is 0.394. The van der Waals surface area contributed by atoms with Gasteiger partial charge in [0.25, 0.3) is 0 Å². The first-order chi connectivity index (χ1) is 5.46. The first-order valence-electron chi connectivity index (χ1n) is 5.11. The summed E-state index contributed by atoms with van der Waals surface area (Å²) in [7, 11) is 1.10. The monoisotopic (exact) mass is 203 g/mol. The Bertz CT molecular complexity index is 124. The number of hydrogen-bond donors (Lipinski definition) is 1. The molecule has 1 atom stereocenters. The molecule has 1 unspecified atom stereocenters. The van der Waals surface area contributed by atoms with E-state index < -0.39 is 17.6 Å². The zero-order valence-electron chi connectivity index (χ0n) is 9.57. The fourth-order valence-electron chi connectivity index (χ4n) is 1.65. The maximum Gasteiger partial charge on any atom is 0.0551 e. The zero-order chi connectivity index (χ0) is 9.78. The highest BCUT2D eigenvalue weighted by Gasteiger charge is 2.32. The Labute approximate surface area is 81.2 Å². The highest BCUT2D eigenvalue weighted by molar-refractivity contribution is 6.81. The van der Waals surface area contributed by atoms with Gasteiger partial charge >= 0.3 is 0 Å². The molecule has 0 heterocycles. The van der Waals surface area contributed by atoms with Crippen LogP contribution in [-0.2, 0) is 0 Å². The summed E-state index contributed by atoms with van der Waals surface area (Å²) in [6.07, 6.45) is 1.31. The van der Waals surface area contributed by atoms with Crippen LogP contribution >= 0.6 is 0 Å². The van der Waals surface area contributed by atoms with Gasteiger partial charge in [-0.1, -0.05) is 39.9 Å². The van der Waals surface area contributed by atoms with Gasteiger partial charge in [-0.15, -0.1) is 0 Å². The molecule has 1 N–H and O–H groups in total. The lowest BCUT2D eigenvalue weighted by molar-refractivity contribution is 0.845. The molecule has 0 amide bonds. The standard InChI is InChI=1S/C9H25NSi2/c1-7-12(8-10-4)9(2,3)11(5)6/h10-12H,7-8H2,1-6H3. The first kappa shape index (κ1) is 12.4. The SMILES string of the molecule is CC[SiH](CNC)C(C)(C)[SiH](C)C. The molecule has 0 saturated carbocycles. The highest BCUT2D eigenvalue weighted by atomic mass is 28.3. The predicted molar refractivity (Wildman–Crippen MR) is 64.5 cm³/mol. The Morgan fingerprint density at radius 2 is 1.75 bits per heavy atom. The predicted octanol–water partition coefficient (Wildman–Crippen LogP) is 1.80. The second-order valence-corrected chi connectivity index (χ2v) is 13.2. The third-order valence-corrected chi connectivity index (χ3v) is 13.9. The first-order valence-corrected chi connectivity index (χ1v) is 10.2. The third-order valence-electron chi connectivity index (χ3n) is 3.48. The molecule has 0 fully saturated rings. The summed E-state index contributed by atoms with van der Waals surface area (Å²) in [5, 5.41) is 3.36. The molecule has 0 spiro atoms. The second-order valence-electron chi connectivity index (χ2n) is 4.64. The Balaban J connectivity index is 4.25. The molecule has 74 valence electrons. The van der Waals surface area contributed by atoms with Gasteiger partial charge in [0.05, 0.1) is 8.80 Å². The van der Waals surface area contributed by atoms with E-state index in [9.17, 15) is 0 Å². The van der Waals surface area contributed by atoms with Crippen LogP contribution < -0.4 is 5.32 Å². The van der Waals surface area contributed by atoms with Gasteiger partial charge in [0.15, 0.2) is 0 Å². The summed E-state index contributed by atoms with van der Waals surface area (Å²) < 4.78 is 0.734. The van der Waals surface area contributed by atoms with Crippen molar-refractivity contribution in [2.24, 2.45) is 0 Å². The Morgan fingerprint density at radius 1 is 1.25 bits per heavy atom. The van der Waals surface area contributed by atoms with Crippen LogP contribution in [0.1, 0.15) is 20.8 Å². The van der Waals surface area contributed by atoms with Gasteiger partial charge < -0.3 is 5.32 Å². The van der Waals surface area contributed by atoms with Crippen LogP contribution in [0.2, 0.25) is 23.8 Å². The van der Waals surface area contributed by atoms with E-state index in [0.29, 0.717) is 0 Å². The van der Waals surface area contributed by atoms with Crippen LogP contribution in [-0.4, -0.2) is 30.8 Å². The van der Waals surface area contributed by atoms with E-state index >= 15 is 0 Å². The molecule has 0 aromatic heterocycles. The molecule has 0 saturated heterocycles. The molecule has 0 bridgehead atoms. The van der Waals surface area contributed by atoms with E-state index in [1.54, 1.807) is 0 Å². The van der Waals surface area contributed by atoms with Crippen molar-refractivity contribution in [2.75, 3.05) is 13.2 Å². The quantitative estimate of drug-likeness (QED) is 0.672. The number of nitrogens with one attached hydrogen (secondary N) is 1. The van der Waals surface area contributed by atoms with E-state index in [4.69, 9.17) is 0 Å². The lowest BCUT2D eigenvalue weighted by atomic mass is 10.5. The average molecular weight is 203 g/mol. The second kappa shape index (κ2) is 5.19. The molecule has 1 nitrogen and oxygen atoms in total. The van der Waals surface area contributed by atoms with Crippen molar-refractivity contribution in [3.63, 3.8) is 0 Å². The summed E-state index contributed by atoms with van der Waals surface area (Å²) in [5.41, 5.74) is 0. The van der Waals surface area contributed by atoms with Gasteiger partial charge in [-0.3, -0.25) is 0 Å². The molecule has 0 aliphatic carbocycles. The minimum atomic E-state index is -0.529. The zero-order valence-corrected chi connectivity index (χ0v) is 11.9. The maximum atomic E-state index is 3.36. The van der Waals surface area contributed by atoms with Gasteiger partial charge in [-0.25, -0.2) is 0 Å². The molecule has 0 radical (unpaired) electrons. The summed E-state index contributed by atoms with van der Waals surface area (Å²) >= 11 is 0. The van der Waals surface area contributed by atoms with Crippen LogP contribution in [0.25, 0.3) is 0 Å². The van der Waals surface area contributed by atoms with Crippen molar-refractivity contribution in [3.8, 4) is 0 Å². The minimum absolute atomic E-state index is 0.465. The van der Waals surface area contributed by atoms with E-state index in [1.807, 2.05) is 0 Å². The maximum absolute atomic E-state index is 3.36. The van der Waals surface area contributed by atoms with E-state index in [-0.39, 0.29) is 0 Å². The number of rotatable bonds is 5. The summed E-state index contributed by atoms with van der Waals surface area (Å²) in [6, 6.07) is 1.44. The Morgan fingerprint density at radius 3 is 2.00 bits per heavy atom. The van der Waals surface area contributed by atoms with E-state index in [0.717, 1.165) is 4.66 Å². The van der Waals surface area contributed by atoms with E-state index in [2.05, 4.69) is 46.2 Å². The summed E-state index contributed by atoms with van der Waals surface area (Å²) in [6.45, 7) is 12.4. The van der Waals surface area contributed by atoms with Gasteiger partial charge in [-0.05, 0) is 17.9 Å². The minimum Gasteiger partial charge on any atom is -0.323 e. The van der Waals surface area contributed by atoms with Crippen LogP contribution in [0, 0.1) is 0 Å². The van der Waals surface area contributed by atoms with Crippen LogP contribution in [0.4, 0.5) is 0 Å². The van der Waals surface area contributed by atoms with Crippen LogP contribution in [0.3, 0.4) is 0 Å². The highest BCUT2D eigenvalue weighted by Crippen LogP contribution is 2.33. The van der Waals surface area contributed by atoms with Crippen molar-refractivity contribution in [2.45, 2.75) is 44.6 Å². The topological polar surface area (TPSA) is 12.0 Å².